The summed E-state index contributed by atoms with van der Waals surface area (Å²) in [6, 6.07) is 4.19. The Balaban J connectivity index is 3.03. The highest BCUT2D eigenvalue weighted by molar-refractivity contribution is 5.95. The Kier molecular flexibility index (Phi) is 5.25. The first kappa shape index (κ1) is 14.9. The van der Waals surface area contributed by atoms with Crippen LogP contribution in [0.5, 0.6) is 0 Å². The molecule has 1 amide bonds. The number of carbonyl (C=O) groups excluding carboxylic acids is 1. The van der Waals surface area contributed by atoms with Crippen LogP contribution in [0, 0.1) is 10.1 Å². The van der Waals surface area contributed by atoms with E-state index in [1.807, 2.05) is 0 Å². The van der Waals surface area contributed by atoms with E-state index in [0.29, 0.717) is 18.5 Å². The molecule has 0 bridgehead atoms. The molecule has 0 radical (unpaired) electrons. The Morgan fingerprint density at radius 3 is 2.68 bits per heavy atom. The quantitative estimate of drug-likeness (QED) is 0.457. The van der Waals surface area contributed by atoms with E-state index in [1.165, 1.54) is 23.1 Å². The predicted octanol–water partition coefficient (Wildman–Crippen LogP) is 1.09. The molecule has 0 heterocycles. The number of hydrogen-bond acceptors (Lipinski definition) is 5. The maximum absolute atomic E-state index is 11.8. The van der Waals surface area contributed by atoms with E-state index >= 15 is 0 Å². The summed E-state index contributed by atoms with van der Waals surface area (Å²) >= 11 is 0. The van der Waals surface area contributed by atoms with Crippen molar-refractivity contribution in [3.05, 3.63) is 33.9 Å². The van der Waals surface area contributed by atoms with Crippen molar-refractivity contribution in [2.24, 2.45) is 0 Å². The second kappa shape index (κ2) is 6.69. The molecule has 2 N–H and O–H groups in total. The minimum atomic E-state index is -0.509. The van der Waals surface area contributed by atoms with Crippen LogP contribution < -0.4 is 5.32 Å². The summed E-state index contributed by atoms with van der Waals surface area (Å²) in [4.78, 5) is 23.6. The number of aliphatic hydroxyl groups excluding tert-OH is 1. The first-order valence-corrected chi connectivity index (χ1v) is 5.82. The highest BCUT2D eigenvalue weighted by Crippen LogP contribution is 2.25. The lowest BCUT2D eigenvalue weighted by molar-refractivity contribution is -0.384. The fourth-order valence-electron chi connectivity index (χ4n) is 1.53. The summed E-state index contributed by atoms with van der Waals surface area (Å²) in [5, 5.41) is 22.5. The molecule has 0 aliphatic rings. The van der Waals surface area contributed by atoms with Gasteiger partial charge in [0.25, 0.3) is 11.6 Å². The van der Waals surface area contributed by atoms with Crippen molar-refractivity contribution in [3.63, 3.8) is 0 Å². The summed E-state index contributed by atoms with van der Waals surface area (Å²) in [5.74, 6) is -0.222. The summed E-state index contributed by atoms with van der Waals surface area (Å²) < 4.78 is 0. The van der Waals surface area contributed by atoms with Gasteiger partial charge in [-0.1, -0.05) is 0 Å². The van der Waals surface area contributed by atoms with Crippen LogP contribution in [0.25, 0.3) is 0 Å². The number of carbonyl (C=O) groups is 1. The van der Waals surface area contributed by atoms with Crippen molar-refractivity contribution in [3.8, 4) is 0 Å². The molecule has 0 saturated carbocycles. The summed E-state index contributed by atoms with van der Waals surface area (Å²) in [6.45, 7) is 0.397. The van der Waals surface area contributed by atoms with Gasteiger partial charge in [-0.05, 0) is 18.6 Å². The maximum atomic E-state index is 11.8. The van der Waals surface area contributed by atoms with Crippen molar-refractivity contribution >= 4 is 17.3 Å². The number of amides is 1. The lowest BCUT2D eigenvalue weighted by Gasteiger charge is -2.12. The van der Waals surface area contributed by atoms with E-state index in [4.69, 9.17) is 5.11 Å². The van der Waals surface area contributed by atoms with Crippen LogP contribution in [0.2, 0.25) is 0 Å². The molecule has 0 unspecified atom stereocenters. The van der Waals surface area contributed by atoms with E-state index < -0.39 is 4.92 Å². The molecule has 1 aromatic carbocycles. The molecule has 0 saturated heterocycles. The van der Waals surface area contributed by atoms with Crippen LogP contribution in [0.15, 0.2) is 18.2 Å². The van der Waals surface area contributed by atoms with Gasteiger partial charge in [-0.3, -0.25) is 14.9 Å². The van der Waals surface area contributed by atoms with Crippen molar-refractivity contribution in [1.29, 1.82) is 0 Å². The van der Waals surface area contributed by atoms with Crippen molar-refractivity contribution in [1.82, 2.24) is 4.90 Å². The molecule has 0 aromatic heterocycles. The molecule has 7 nitrogen and oxygen atoms in total. The smallest absolute Gasteiger partial charge is 0.292 e. The number of nitrogens with one attached hydrogen (secondary N) is 1. The Labute approximate surface area is 111 Å². The second-order valence-electron chi connectivity index (χ2n) is 4.19. The topological polar surface area (TPSA) is 95.7 Å². The first-order chi connectivity index (χ1) is 8.97. The number of benzene rings is 1. The third-order valence-corrected chi connectivity index (χ3v) is 2.50. The van der Waals surface area contributed by atoms with Crippen LogP contribution in [-0.2, 0) is 0 Å². The van der Waals surface area contributed by atoms with Gasteiger partial charge in [0.1, 0.15) is 5.69 Å². The SMILES string of the molecule is CN(C)C(=O)c1ccc([N+](=O)[O-])c(NCCCO)c1. The fourth-order valence-corrected chi connectivity index (χ4v) is 1.53. The van der Waals surface area contributed by atoms with Crippen molar-refractivity contribution in [2.75, 3.05) is 32.6 Å². The zero-order valence-electron chi connectivity index (χ0n) is 10.9. The zero-order chi connectivity index (χ0) is 14.4. The Bertz CT molecular complexity index is 474. The number of aliphatic hydroxyl groups is 1. The minimum Gasteiger partial charge on any atom is -0.396 e. The lowest BCUT2D eigenvalue weighted by Crippen LogP contribution is -2.21. The van der Waals surface area contributed by atoms with Gasteiger partial charge in [-0.15, -0.1) is 0 Å². The number of nitro benzene ring substituents is 1. The molecule has 1 aromatic rings. The number of hydrogen-bond donors (Lipinski definition) is 2. The van der Waals surface area contributed by atoms with Gasteiger partial charge in [0, 0.05) is 38.9 Å². The number of rotatable bonds is 6. The average Bonchev–Trinajstić information content (AvgIpc) is 2.37. The van der Waals surface area contributed by atoms with Crippen molar-refractivity contribution < 1.29 is 14.8 Å². The summed E-state index contributed by atoms with van der Waals surface area (Å²) in [7, 11) is 3.23. The number of nitro groups is 1. The van der Waals surface area contributed by atoms with E-state index in [2.05, 4.69) is 5.32 Å². The fraction of sp³-hybridized carbons (Fsp3) is 0.417. The maximum Gasteiger partial charge on any atom is 0.292 e. The van der Waals surface area contributed by atoms with E-state index in [-0.39, 0.29) is 23.9 Å². The van der Waals surface area contributed by atoms with Gasteiger partial charge in [0.2, 0.25) is 0 Å². The monoisotopic (exact) mass is 267 g/mol. The molecule has 19 heavy (non-hydrogen) atoms. The standard InChI is InChI=1S/C12H17N3O4/c1-14(2)12(17)9-4-5-11(15(18)19)10(8-9)13-6-3-7-16/h4-5,8,13,16H,3,6-7H2,1-2H3. The normalized spacial score (nSPS) is 10.1. The first-order valence-electron chi connectivity index (χ1n) is 5.82. The summed E-state index contributed by atoms with van der Waals surface area (Å²) in [5.41, 5.74) is 0.571. The van der Waals surface area contributed by atoms with Gasteiger partial charge in [-0.25, -0.2) is 0 Å². The Hall–Kier alpha value is -2.15. The van der Waals surface area contributed by atoms with Crippen molar-refractivity contribution in [2.45, 2.75) is 6.42 Å². The van der Waals surface area contributed by atoms with Gasteiger partial charge in [0.05, 0.1) is 4.92 Å². The predicted molar refractivity (Wildman–Crippen MR) is 71.3 cm³/mol. The average molecular weight is 267 g/mol. The molecule has 0 spiro atoms. The third-order valence-electron chi connectivity index (χ3n) is 2.50. The zero-order valence-corrected chi connectivity index (χ0v) is 10.9. The van der Waals surface area contributed by atoms with Crippen LogP contribution in [-0.4, -0.2) is 48.1 Å². The summed E-state index contributed by atoms with van der Waals surface area (Å²) in [6.07, 6.45) is 0.475. The Morgan fingerprint density at radius 1 is 1.47 bits per heavy atom. The molecule has 1 rings (SSSR count). The number of nitrogens with zero attached hydrogens (tertiary/aromatic N) is 2. The number of anilines is 1. The van der Waals surface area contributed by atoms with Gasteiger partial charge < -0.3 is 15.3 Å². The lowest BCUT2D eigenvalue weighted by atomic mass is 10.1. The molecular weight excluding hydrogens is 250 g/mol. The van der Waals surface area contributed by atoms with E-state index in [9.17, 15) is 14.9 Å². The molecule has 0 fully saturated rings. The molecule has 0 atom stereocenters. The largest absolute Gasteiger partial charge is 0.396 e. The molecule has 0 aliphatic heterocycles. The second-order valence-corrected chi connectivity index (χ2v) is 4.19. The molecule has 7 heteroatoms. The van der Waals surface area contributed by atoms with Crippen LogP contribution in [0.1, 0.15) is 16.8 Å². The van der Waals surface area contributed by atoms with Crippen LogP contribution >= 0.6 is 0 Å². The molecular formula is C12H17N3O4. The highest BCUT2D eigenvalue weighted by atomic mass is 16.6. The van der Waals surface area contributed by atoms with E-state index in [0.717, 1.165) is 0 Å². The van der Waals surface area contributed by atoms with Crippen LogP contribution in [0.4, 0.5) is 11.4 Å². The van der Waals surface area contributed by atoms with E-state index in [1.54, 1.807) is 14.1 Å². The molecule has 104 valence electrons. The van der Waals surface area contributed by atoms with Gasteiger partial charge >= 0.3 is 0 Å². The van der Waals surface area contributed by atoms with Crippen LogP contribution in [0.3, 0.4) is 0 Å². The third kappa shape index (κ3) is 3.92. The Morgan fingerprint density at radius 2 is 2.16 bits per heavy atom. The van der Waals surface area contributed by atoms with Gasteiger partial charge in [0.15, 0.2) is 0 Å². The highest BCUT2D eigenvalue weighted by Gasteiger charge is 2.17. The minimum absolute atomic E-state index is 0.00286. The van der Waals surface area contributed by atoms with Gasteiger partial charge in [-0.2, -0.15) is 0 Å². The molecule has 0 aliphatic carbocycles.